The van der Waals surface area contributed by atoms with Crippen LogP contribution in [-0.4, -0.2) is 41.0 Å². The minimum absolute atomic E-state index is 0.00311. The Balaban J connectivity index is 2.28. The molecule has 9 heteroatoms. The summed E-state index contributed by atoms with van der Waals surface area (Å²) in [6, 6.07) is 0. The van der Waals surface area contributed by atoms with Gasteiger partial charge in [-0.3, -0.25) is 4.79 Å². The highest BCUT2D eigenvalue weighted by molar-refractivity contribution is 7.50. The first-order valence-electron chi connectivity index (χ1n) is 4.14. The van der Waals surface area contributed by atoms with E-state index in [1.807, 2.05) is 0 Å². The molecule has 1 saturated heterocycles. The van der Waals surface area contributed by atoms with E-state index in [9.17, 15) is 14.2 Å². The second kappa shape index (κ2) is 4.75. The molecule has 1 aliphatic rings. The van der Waals surface area contributed by atoms with E-state index in [1.165, 1.54) is 5.09 Å². The average Bonchev–Trinajstić information content (AvgIpc) is 2.93. The molecular formula is C7H10NO7P. The van der Waals surface area contributed by atoms with Gasteiger partial charge in [-0.05, 0) is 0 Å². The highest BCUT2D eigenvalue weighted by atomic mass is 31.2. The number of epoxide rings is 1. The average molecular weight is 251 g/mol. The van der Waals surface area contributed by atoms with Gasteiger partial charge in [0, 0.05) is 5.57 Å². The van der Waals surface area contributed by atoms with Gasteiger partial charge in [-0.15, -0.1) is 0 Å². The standard InChI is InChI=1S/C7H10NO7P/c1-4(6(9)5-3-14-5)2-15-7(10)8-16(11,12)13/h5H,1-3H2,(H3,8,10,11,12,13). The van der Waals surface area contributed by atoms with Crippen LogP contribution in [0.5, 0.6) is 0 Å². The van der Waals surface area contributed by atoms with Crippen LogP contribution in [0.3, 0.4) is 0 Å². The van der Waals surface area contributed by atoms with Gasteiger partial charge in [0.15, 0.2) is 5.78 Å². The Bertz CT molecular complexity index is 369. The van der Waals surface area contributed by atoms with Gasteiger partial charge in [-0.2, -0.15) is 0 Å². The normalized spacial score (nSPS) is 18.8. The molecule has 1 unspecified atom stereocenters. The van der Waals surface area contributed by atoms with Crippen LogP contribution in [0.1, 0.15) is 0 Å². The van der Waals surface area contributed by atoms with Crippen LogP contribution >= 0.6 is 7.75 Å². The number of Topliss-reactive ketones (excluding diaryl/α,β-unsaturated/α-hetero) is 1. The highest BCUT2D eigenvalue weighted by Crippen LogP contribution is 2.27. The number of nitrogens with one attached hydrogen (secondary N) is 1. The molecule has 1 amide bonds. The predicted molar refractivity (Wildman–Crippen MR) is 50.4 cm³/mol. The molecule has 0 radical (unpaired) electrons. The number of carbonyl (C=O) groups is 2. The number of ether oxygens (including phenoxy) is 2. The molecule has 1 heterocycles. The quantitative estimate of drug-likeness (QED) is 0.336. The first kappa shape index (κ1) is 12.9. The number of hydrogen-bond acceptors (Lipinski definition) is 5. The molecule has 1 aliphatic heterocycles. The summed E-state index contributed by atoms with van der Waals surface area (Å²) in [6.07, 6.45) is -1.85. The number of ketones is 1. The van der Waals surface area contributed by atoms with E-state index < -0.39 is 26.6 Å². The molecule has 0 aromatic rings. The van der Waals surface area contributed by atoms with E-state index >= 15 is 0 Å². The minimum atomic E-state index is -4.68. The first-order chi connectivity index (χ1) is 7.29. The van der Waals surface area contributed by atoms with Crippen molar-refractivity contribution in [2.24, 2.45) is 0 Å². The van der Waals surface area contributed by atoms with E-state index in [2.05, 4.69) is 16.1 Å². The Morgan fingerprint density at radius 2 is 2.12 bits per heavy atom. The van der Waals surface area contributed by atoms with Crippen molar-refractivity contribution >= 4 is 19.6 Å². The van der Waals surface area contributed by atoms with Crippen molar-refractivity contribution in [3.63, 3.8) is 0 Å². The first-order valence-corrected chi connectivity index (χ1v) is 5.75. The molecule has 1 atom stereocenters. The zero-order chi connectivity index (χ0) is 12.3. The van der Waals surface area contributed by atoms with Gasteiger partial charge >= 0.3 is 13.8 Å². The lowest BCUT2D eigenvalue weighted by atomic mass is 10.1. The Kier molecular flexibility index (Phi) is 3.82. The molecule has 8 nitrogen and oxygen atoms in total. The van der Waals surface area contributed by atoms with Crippen LogP contribution in [-0.2, 0) is 18.8 Å². The van der Waals surface area contributed by atoms with Gasteiger partial charge in [0.2, 0.25) is 0 Å². The molecule has 0 aromatic heterocycles. The third-order valence-corrected chi connectivity index (χ3v) is 2.06. The fourth-order valence-electron chi connectivity index (χ4n) is 0.802. The molecule has 1 rings (SSSR count). The van der Waals surface area contributed by atoms with Crippen LogP contribution in [0.2, 0.25) is 0 Å². The van der Waals surface area contributed by atoms with Gasteiger partial charge in [0.05, 0.1) is 6.61 Å². The molecule has 3 N–H and O–H groups in total. The monoisotopic (exact) mass is 251 g/mol. The zero-order valence-electron chi connectivity index (χ0n) is 8.08. The summed E-state index contributed by atoms with van der Waals surface area (Å²) in [5.74, 6) is -0.385. The molecule has 0 spiro atoms. The van der Waals surface area contributed by atoms with Gasteiger partial charge in [-0.25, -0.2) is 14.4 Å². The van der Waals surface area contributed by atoms with Crippen molar-refractivity contribution in [1.29, 1.82) is 0 Å². The Labute approximate surface area is 90.4 Å². The minimum Gasteiger partial charge on any atom is -0.444 e. The largest absolute Gasteiger partial charge is 0.444 e. The smallest absolute Gasteiger partial charge is 0.432 e. The lowest BCUT2D eigenvalue weighted by molar-refractivity contribution is -0.117. The van der Waals surface area contributed by atoms with E-state index in [0.717, 1.165) is 0 Å². The summed E-state index contributed by atoms with van der Waals surface area (Å²) in [4.78, 5) is 38.7. The second-order valence-corrected chi connectivity index (χ2v) is 4.33. The Morgan fingerprint density at radius 3 is 2.56 bits per heavy atom. The number of rotatable bonds is 5. The summed E-state index contributed by atoms with van der Waals surface area (Å²) < 4.78 is 19.4. The summed E-state index contributed by atoms with van der Waals surface area (Å²) >= 11 is 0. The summed E-state index contributed by atoms with van der Waals surface area (Å²) in [5, 5.41) is 1.28. The van der Waals surface area contributed by atoms with E-state index in [-0.39, 0.29) is 11.4 Å². The van der Waals surface area contributed by atoms with Crippen molar-refractivity contribution in [3.05, 3.63) is 12.2 Å². The van der Waals surface area contributed by atoms with Crippen LogP contribution < -0.4 is 5.09 Å². The van der Waals surface area contributed by atoms with Crippen molar-refractivity contribution in [2.75, 3.05) is 13.2 Å². The molecule has 0 aliphatic carbocycles. The van der Waals surface area contributed by atoms with Crippen LogP contribution in [0.25, 0.3) is 0 Å². The predicted octanol–water partition coefficient (Wildman–Crippen LogP) is -0.671. The van der Waals surface area contributed by atoms with Gasteiger partial charge in [0.25, 0.3) is 0 Å². The third kappa shape index (κ3) is 4.54. The summed E-state index contributed by atoms with van der Waals surface area (Å²) in [7, 11) is -4.68. The number of carbonyl (C=O) groups excluding carboxylic acids is 2. The van der Waals surface area contributed by atoms with Crippen LogP contribution in [0, 0.1) is 0 Å². The highest BCUT2D eigenvalue weighted by Gasteiger charge is 2.33. The van der Waals surface area contributed by atoms with Crippen LogP contribution in [0.4, 0.5) is 4.79 Å². The molecule has 16 heavy (non-hydrogen) atoms. The number of hydrogen-bond donors (Lipinski definition) is 3. The van der Waals surface area contributed by atoms with Gasteiger partial charge < -0.3 is 19.3 Å². The third-order valence-electron chi connectivity index (χ3n) is 1.59. The topological polar surface area (TPSA) is 125 Å². The molecule has 0 bridgehead atoms. The SMILES string of the molecule is C=C(COC(=O)NP(=O)(O)O)C(=O)C1CO1. The Hall–Kier alpha value is -1.21. The van der Waals surface area contributed by atoms with Crippen molar-refractivity contribution in [2.45, 2.75) is 6.10 Å². The fraction of sp³-hybridized carbons (Fsp3) is 0.429. The van der Waals surface area contributed by atoms with E-state index in [1.54, 1.807) is 0 Å². The molecule has 0 saturated carbocycles. The lowest BCUT2D eigenvalue weighted by Gasteiger charge is -2.08. The molecule has 0 aromatic carbocycles. The summed E-state index contributed by atoms with van der Waals surface area (Å²) in [6.45, 7) is 3.23. The number of amides is 1. The summed E-state index contributed by atoms with van der Waals surface area (Å²) in [5.41, 5.74) is 0.00311. The van der Waals surface area contributed by atoms with Gasteiger partial charge in [0.1, 0.15) is 12.7 Å². The van der Waals surface area contributed by atoms with Crippen LogP contribution in [0.15, 0.2) is 12.2 Å². The molecule has 90 valence electrons. The molecule has 1 fully saturated rings. The maximum Gasteiger partial charge on any atom is 0.432 e. The van der Waals surface area contributed by atoms with E-state index in [0.29, 0.717) is 6.61 Å². The zero-order valence-corrected chi connectivity index (χ0v) is 8.98. The molecular weight excluding hydrogens is 241 g/mol. The van der Waals surface area contributed by atoms with Gasteiger partial charge in [-0.1, -0.05) is 6.58 Å². The second-order valence-electron chi connectivity index (χ2n) is 3.02. The maximum atomic E-state index is 11.2. The fourth-order valence-corrected chi connectivity index (χ4v) is 1.10. The lowest BCUT2D eigenvalue weighted by Crippen LogP contribution is -2.24. The van der Waals surface area contributed by atoms with Crippen molar-refractivity contribution in [1.82, 2.24) is 5.09 Å². The van der Waals surface area contributed by atoms with Crippen molar-refractivity contribution < 1.29 is 33.4 Å². The Morgan fingerprint density at radius 1 is 1.56 bits per heavy atom. The van der Waals surface area contributed by atoms with E-state index in [4.69, 9.17) is 9.79 Å². The van der Waals surface area contributed by atoms with Crippen molar-refractivity contribution in [3.8, 4) is 0 Å². The maximum absolute atomic E-state index is 11.2.